The quantitative estimate of drug-likeness (QED) is 0.749. The van der Waals surface area contributed by atoms with Crippen LogP contribution in [-0.2, 0) is 0 Å². The molecule has 0 aliphatic carbocycles. The molecule has 8 heteroatoms. The highest BCUT2D eigenvalue weighted by molar-refractivity contribution is 5.91. The van der Waals surface area contributed by atoms with Crippen molar-refractivity contribution in [2.45, 2.75) is 12.7 Å². The number of halogens is 2. The van der Waals surface area contributed by atoms with Crippen LogP contribution in [0.2, 0.25) is 0 Å². The van der Waals surface area contributed by atoms with Crippen molar-refractivity contribution in [1.29, 1.82) is 5.26 Å². The van der Waals surface area contributed by atoms with Crippen LogP contribution < -0.4 is 15.4 Å². The average Bonchev–Trinajstić information content (AvgIpc) is 2.61. The van der Waals surface area contributed by atoms with Crippen molar-refractivity contribution in [1.82, 2.24) is 5.32 Å². The van der Waals surface area contributed by atoms with Crippen molar-refractivity contribution in [2.75, 3.05) is 11.9 Å². The van der Waals surface area contributed by atoms with Gasteiger partial charge in [-0.15, -0.1) is 0 Å². The lowest BCUT2D eigenvalue weighted by atomic mass is 10.1. The number of rotatable bonds is 6. The maximum Gasteiger partial charge on any atom is 0.387 e. The van der Waals surface area contributed by atoms with Gasteiger partial charge in [-0.05, 0) is 23.8 Å². The molecule has 2 amide bonds. The molecule has 0 spiro atoms. The summed E-state index contributed by atoms with van der Waals surface area (Å²) in [6.45, 7) is -3.43. The molecular weight excluding hydrogens is 332 g/mol. The first-order chi connectivity index (χ1) is 12.0. The zero-order valence-corrected chi connectivity index (χ0v) is 12.9. The molecule has 0 heterocycles. The maximum atomic E-state index is 12.5. The topological polar surface area (TPSA) is 94.4 Å². The van der Waals surface area contributed by atoms with Crippen LogP contribution in [0.1, 0.15) is 17.2 Å². The highest BCUT2D eigenvalue weighted by Crippen LogP contribution is 2.27. The molecule has 0 aliphatic heterocycles. The van der Waals surface area contributed by atoms with E-state index in [1.54, 1.807) is 30.3 Å². The summed E-state index contributed by atoms with van der Waals surface area (Å²) >= 11 is 0. The molecule has 0 aliphatic rings. The fourth-order valence-electron chi connectivity index (χ4n) is 2.13. The van der Waals surface area contributed by atoms with Crippen LogP contribution in [0.25, 0.3) is 0 Å². The number of nitriles is 1. The Balaban J connectivity index is 2.15. The summed E-state index contributed by atoms with van der Waals surface area (Å²) in [6, 6.07) is 12.8. The van der Waals surface area contributed by atoms with Crippen LogP contribution in [0.4, 0.5) is 19.3 Å². The number of carbonyl (C=O) groups excluding carboxylic acids is 1. The number of aliphatic hydroxyl groups is 1. The van der Waals surface area contributed by atoms with Gasteiger partial charge in [-0.25, -0.2) is 4.79 Å². The first-order valence-electron chi connectivity index (χ1n) is 7.25. The average molecular weight is 347 g/mol. The Labute approximate surface area is 142 Å². The Hall–Kier alpha value is -3.18. The number of benzene rings is 2. The monoisotopic (exact) mass is 347 g/mol. The molecule has 0 fully saturated rings. The Morgan fingerprint density at radius 1 is 1.24 bits per heavy atom. The summed E-state index contributed by atoms with van der Waals surface area (Å²) in [5, 5.41) is 23.2. The molecule has 0 aromatic heterocycles. The second kappa shape index (κ2) is 8.61. The third kappa shape index (κ3) is 5.16. The lowest BCUT2D eigenvalue weighted by Crippen LogP contribution is -2.34. The predicted octanol–water partition coefficient (Wildman–Crippen LogP) is 3.01. The highest BCUT2D eigenvalue weighted by Gasteiger charge is 2.16. The molecule has 2 aromatic carbocycles. The highest BCUT2D eigenvalue weighted by atomic mass is 19.3. The van der Waals surface area contributed by atoms with Gasteiger partial charge in [-0.2, -0.15) is 14.0 Å². The van der Waals surface area contributed by atoms with Crippen molar-refractivity contribution in [3.8, 4) is 11.8 Å². The van der Waals surface area contributed by atoms with Gasteiger partial charge in [-0.1, -0.05) is 30.3 Å². The Bertz CT molecular complexity index is 763. The van der Waals surface area contributed by atoms with Gasteiger partial charge >= 0.3 is 12.6 Å². The zero-order chi connectivity index (χ0) is 18.2. The van der Waals surface area contributed by atoms with Gasteiger partial charge in [0.2, 0.25) is 0 Å². The molecular formula is C17H15F2N3O3. The van der Waals surface area contributed by atoms with E-state index in [4.69, 9.17) is 5.26 Å². The molecule has 0 bridgehead atoms. The molecule has 25 heavy (non-hydrogen) atoms. The molecule has 0 saturated carbocycles. The van der Waals surface area contributed by atoms with Gasteiger partial charge in [0.25, 0.3) is 0 Å². The van der Waals surface area contributed by atoms with Crippen LogP contribution in [0.15, 0.2) is 48.5 Å². The van der Waals surface area contributed by atoms with Crippen LogP contribution in [0.3, 0.4) is 0 Å². The van der Waals surface area contributed by atoms with E-state index in [-0.39, 0.29) is 23.6 Å². The molecule has 0 saturated heterocycles. The number of ether oxygens (including phenoxy) is 1. The number of hydrogen-bond acceptors (Lipinski definition) is 4. The van der Waals surface area contributed by atoms with Crippen molar-refractivity contribution in [3.05, 3.63) is 59.7 Å². The van der Waals surface area contributed by atoms with E-state index in [2.05, 4.69) is 15.4 Å². The maximum absolute atomic E-state index is 12.5. The van der Waals surface area contributed by atoms with E-state index >= 15 is 0 Å². The van der Waals surface area contributed by atoms with Gasteiger partial charge in [0.15, 0.2) is 0 Å². The summed E-state index contributed by atoms with van der Waals surface area (Å²) in [7, 11) is 0. The minimum Gasteiger partial charge on any atom is -0.433 e. The number of nitrogens with zero attached hydrogens (tertiary/aromatic N) is 1. The van der Waals surface area contributed by atoms with E-state index < -0.39 is 18.7 Å². The number of anilines is 1. The normalized spacial score (nSPS) is 11.5. The van der Waals surface area contributed by atoms with Crippen LogP contribution in [0, 0.1) is 11.3 Å². The van der Waals surface area contributed by atoms with E-state index in [0.29, 0.717) is 5.56 Å². The summed E-state index contributed by atoms with van der Waals surface area (Å²) in [5.41, 5.74) is 0.760. The SMILES string of the molecule is N#Cc1ccc(OC(F)F)c(NC(=O)NC(CO)c2ccccc2)c1. The fraction of sp³-hybridized carbons (Fsp3) is 0.176. The first-order valence-corrected chi connectivity index (χ1v) is 7.25. The van der Waals surface area contributed by atoms with Crippen molar-refractivity contribution >= 4 is 11.7 Å². The second-order valence-corrected chi connectivity index (χ2v) is 4.95. The molecule has 130 valence electrons. The fourth-order valence-corrected chi connectivity index (χ4v) is 2.13. The minimum absolute atomic E-state index is 0.0819. The van der Waals surface area contributed by atoms with Gasteiger partial charge in [0.05, 0.1) is 30.0 Å². The molecule has 6 nitrogen and oxygen atoms in total. The summed E-state index contributed by atoms with van der Waals surface area (Å²) < 4.78 is 29.2. The molecule has 2 aromatic rings. The van der Waals surface area contributed by atoms with E-state index in [9.17, 15) is 18.7 Å². The van der Waals surface area contributed by atoms with Gasteiger partial charge < -0.3 is 20.5 Å². The van der Waals surface area contributed by atoms with Crippen molar-refractivity contribution < 1.29 is 23.4 Å². The number of amides is 2. The third-order valence-corrected chi connectivity index (χ3v) is 3.26. The number of carbonyl (C=O) groups is 1. The van der Waals surface area contributed by atoms with Gasteiger partial charge in [0.1, 0.15) is 5.75 Å². The molecule has 1 unspecified atom stereocenters. The number of nitrogens with one attached hydrogen (secondary N) is 2. The minimum atomic E-state index is -3.08. The molecule has 3 N–H and O–H groups in total. The number of urea groups is 1. The molecule has 2 rings (SSSR count). The van der Waals surface area contributed by atoms with Crippen LogP contribution in [-0.4, -0.2) is 24.4 Å². The predicted molar refractivity (Wildman–Crippen MR) is 86.2 cm³/mol. The van der Waals surface area contributed by atoms with Crippen molar-refractivity contribution in [3.63, 3.8) is 0 Å². The van der Waals surface area contributed by atoms with Crippen LogP contribution in [0.5, 0.6) is 5.75 Å². The number of alkyl halides is 2. The second-order valence-electron chi connectivity index (χ2n) is 4.95. The Morgan fingerprint density at radius 2 is 1.96 bits per heavy atom. The lowest BCUT2D eigenvalue weighted by Gasteiger charge is -2.18. The number of hydrogen-bond donors (Lipinski definition) is 3. The third-order valence-electron chi connectivity index (χ3n) is 3.26. The number of aliphatic hydroxyl groups excluding tert-OH is 1. The van der Waals surface area contributed by atoms with Crippen molar-refractivity contribution in [2.24, 2.45) is 0 Å². The van der Waals surface area contributed by atoms with E-state index in [1.165, 1.54) is 18.2 Å². The standard InChI is InChI=1S/C17H15F2N3O3/c18-16(19)25-15-7-6-11(9-20)8-13(15)21-17(24)22-14(10-23)12-4-2-1-3-5-12/h1-8,14,16,23H,10H2,(H2,21,22,24). The summed E-state index contributed by atoms with van der Waals surface area (Å²) in [6.07, 6.45) is 0. The summed E-state index contributed by atoms with van der Waals surface area (Å²) in [4.78, 5) is 12.1. The Kier molecular flexibility index (Phi) is 6.26. The van der Waals surface area contributed by atoms with E-state index in [1.807, 2.05) is 6.07 Å². The van der Waals surface area contributed by atoms with Crippen LogP contribution >= 0.6 is 0 Å². The first kappa shape index (κ1) is 18.2. The largest absolute Gasteiger partial charge is 0.433 e. The molecule has 1 atom stereocenters. The summed E-state index contributed by atoms with van der Waals surface area (Å²) in [5.74, 6) is -0.274. The van der Waals surface area contributed by atoms with E-state index in [0.717, 1.165) is 0 Å². The van der Waals surface area contributed by atoms with Gasteiger partial charge in [0, 0.05) is 0 Å². The lowest BCUT2D eigenvalue weighted by molar-refractivity contribution is -0.0493. The van der Waals surface area contributed by atoms with Gasteiger partial charge in [-0.3, -0.25) is 0 Å². The smallest absolute Gasteiger partial charge is 0.387 e. The Morgan fingerprint density at radius 3 is 2.56 bits per heavy atom. The molecule has 0 radical (unpaired) electrons. The zero-order valence-electron chi connectivity index (χ0n) is 12.9.